The summed E-state index contributed by atoms with van der Waals surface area (Å²) in [6.45, 7) is 5.09. The molecular weight excluding hydrogens is 272 g/mol. The Kier molecular flexibility index (Phi) is 7.19. The fourth-order valence-electron chi connectivity index (χ4n) is 2.71. The van der Waals surface area contributed by atoms with Crippen molar-refractivity contribution in [2.75, 3.05) is 19.6 Å². The molecule has 0 aromatic carbocycles. The lowest BCUT2D eigenvalue weighted by molar-refractivity contribution is -0.148. The fourth-order valence-corrected chi connectivity index (χ4v) is 2.71. The fraction of sp³-hybridized carbons (Fsp3) is 0.800. The number of carbonyl (C=O) groups excluding carboxylic acids is 2. The summed E-state index contributed by atoms with van der Waals surface area (Å²) in [6, 6.07) is -0.411. The number of likely N-dealkylation sites (tertiary alicyclic amines) is 1. The maximum absolute atomic E-state index is 12.6. The normalized spacial score (nSPS) is 18.4. The van der Waals surface area contributed by atoms with Crippen molar-refractivity contribution in [1.29, 1.82) is 0 Å². The topological polar surface area (TPSA) is 77.9 Å². The minimum Gasteiger partial charge on any atom is -0.481 e. The van der Waals surface area contributed by atoms with E-state index in [2.05, 4.69) is 0 Å². The van der Waals surface area contributed by atoms with Gasteiger partial charge in [0.15, 0.2) is 0 Å². The van der Waals surface area contributed by atoms with Crippen molar-refractivity contribution in [1.82, 2.24) is 9.80 Å². The molecule has 0 saturated carbocycles. The lowest BCUT2D eigenvalue weighted by atomic mass is 10.00. The zero-order chi connectivity index (χ0) is 15.8. The number of rotatable bonds is 7. The summed E-state index contributed by atoms with van der Waals surface area (Å²) in [5, 5.41) is 8.76. The number of amides is 2. The molecule has 1 heterocycles. The van der Waals surface area contributed by atoms with Crippen LogP contribution in [0.25, 0.3) is 0 Å². The second kappa shape index (κ2) is 8.64. The summed E-state index contributed by atoms with van der Waals surface area (Å²) in [6.07, 6.45) is 3.72. The van der Waals surface area contributed by atoms with Crippen LogP contribution in [0.4, 0.5) is 0 Å². The zero-order valence-corrected chi connectivity index (χ0v) is 13.0. The van der Waals surface area contributed by atoms with Crippen molar-refractivity contribution < 1.29 is 19.5 Å². The van der Waals surface area contributed by atoms with Crippen LogP contribution in [0.15, 0.2) is 0 Å². The Bertz CT molecular complexity index is 384. The van der Waals surface area contributed by atoms with Crippen LogP contribution < -0.4 is 0 Å². The zero-order valence-electron chi connectivity index (χ0n) is 13.0. The first kappa shape index (κ1) is 17.5. The Morgan fingerprint density at radius 1 is 1.19 bits per heavy atom. The molecule has 2 amide bonds. The largest absolute Gasteiger partial charge is 0.481 e. The van der Waals surface area contributed by atoms with E-state index in [0.717, 1.165) is 19.3 Å². The van der Waals surface area contributed by atoms with Gasteiger partial charge in [0.05, 0.1) is 6.42 Å². The number of aliphatic carboxylic acids is 1. The quantitative estimate of drug-likeness (QED) is 0.772. The van der Waals surface area contributed by atoms with Crippen molar-refractivity contribution >= 4 is 17.8 Å². The number of likely N-dealkylation sites (N-methyl/N-ethyl adjacent to an activating group) is 1. The van der Waals surface area contributed by atoms with Crippen LogP contribution in [-0.4, -0.2) is 58.4 Å². The first-order valence-electron chi connectivity index (χ1n) is 7.81. The monoisotopic (exact) mass is 298 g/mol. The summed E-state index contributed by atoms with van der Waals surface area (Å²) in [5.74, 6) is -0.989. The Balaban J connectivity index is 2.74. The molecule has 1 unspecified atom stereocenters. The van der Waals surface area contributed by atoms with Crippen LogP contribution in [-0.2, 0) is 14.4 Å². The van der Waals surface area contributed by atoms with Gasteiger partial charge in [0.1, 0.15) is 6.04 Å². The molecule has 0 bridgehead atoms. The Morgan fingerprint density at radius 2 is 1.90 bits per heavy atom. The number of hydrogen-bond acceptors (Lipinski definition) is 3. The standard InChI is InChI=1S/C15H26N2O4/c1-3-7-13(18)17-10-6-5-8-12(17)15(21)16(4-2)11-9-14(19)20/h12H,3-11H2,1-2H3,(H,19,20). The third-order valence-electron chi connectivity index (χ3n) is 3.86. The molecular formula is C15H26N2O4. The van der Waals surface area contributed by atoms with Gasteiger partial charge in [-0.25, -0.2) is 0 Å². The summed E-state index contributed by atoms with van der Waals surface area (Å²) < 4.78 is 0. The predicted molar refractivity (Wildman–Crippen MR) is 78.8 cm³/mol. The Hall–Kier alpha value is -1.59. The van der Waals surface area contributed by atoms with Crippen LogP contribution in [0, 0.1) is 0 Å². The highest BCUT2D eigenvalue weighted by Crippen LogP contribution is 2.20. The van der Waals surface area contributed by atoms with Gasteiger partial charge in [-0.15, -0.1) is 0 Å². The van der Waals surface area contributed by atoms with Gasteiger partial charge in [-0.2, -0.15) is 0 Å². The molecule has 21 heavy (non-hydrogen) atoms. The molecule has 1 fully saturated rings. The third-order valence-corrected chi connectivity index (χ3v) is 3.86. The number of hydrogen-bond donors (Lipinski definition) is 1. The molecule has 0 aromatic rings. The lowest BCUT2D eigenvalue weighted by Crippen LogP contribution is -2.53. The maximum Gasteiger partial charge on any atom is 0.305 e. The Morgan fingerprint density at radius 3 is 2.48 bits per heavy atom. The van der Waals surface area contributed by atoms with Crippen LogP contribution in [0.3, 0.4) is 0 Å². The number of carboxylic acids is 1. The predicted octanol–water partition coefficient (Wildman–Crippen LogP) is 1.49. The van der Waals surface area contributed by atoms with E-state index >= 15 is 0 Å². The second-order valence-corrected chi connectivity index (χ2v) is 5.41. The van der Waals surface area contributed by atoms with Gasteiger partial charge in [0.25, 0.3) is 0 Å². The van der Waals surface area contributed by atoms with Gasteiger partial charge < -0.3 is 14.9 Å². The summed E-state index contributed by atoms with van der Waals surface area (Å²) >= 11 is 0. The first-order valence-corrected chi connectivity index (χ1v) is 7.81. The minimum absolute atomic E-state index is 0.0323. The van der Waals surface area contributed by atoms with Gasteiger partial charge in [0.2, 0.25) is 11.8 Å². The Labute approximate surface area is 126 Å². The summed E-state index contributed by atoms with van der Waals surface area (Å²) in [7, 11) is 0. The molecule has 6 nitrogen and oxygen atoms in total. The highest BCUT2D eigenvalue weighted by molar-refractivity contribution is 5.88. The van der Waals surface area contributed by atoms with Crippen molar-refractivity contribution in [2.45, 2.75) is 58.4 Å². The van der Waals surface area contributed by atoms with E-state index in [-0.39, 0.29) is 24.8 Å². The molecule has 1 N–H and O–H groups in total. The first-order chi connectivity index (χ1) is 10.0. The molecule has 6 heteroatoms. The van der Waals surface area contributed by atoms with Crippen molar-refractivity contribution in [3.63, 3.8) is 0 Å². The summed E-state index contributed by atoms with van der Waals surface area (Å²) in [5.41, 5.74) is 0. The molecule has 1 aliphatic heterocycles. The average molecular weight is 298 g/mol. The van der Waals surface area contributed by atoms with Crippen LogP contribution in [0.1, 0.15) is 52.4 Å². The number of nitrogens with zero attached hydrogens (tertiary/aromatic N) is 2. The molecule has 0 aromatic heterocycles. The lowest BCUT2D eigenvalue weighted by Gasteiger charge is -2.37. The van der Waals surface area contributed by atoms with Gasteiger partial charge in [-0.05, 0) is 32.6 Å². The molecule has 0 radical (unpaired) electrons. The van der Waals surface area contributed by atoms with E-state index in [0.29, 0.717) is 25.9 Å². The molecule has 1 atom stereocenters. The van der Waals surface area contributed by atoms with E-state index in [1.165, 1.54) is 0 Å². The molecule has 120 valence electrons. The van der Waals surface area contributed by atoms with Gasteiger partial charge in [-0.1, -0.05) is 6.92 Å². The van der Waals surface area contributed by atoms with Gasteiger partial charge >= 0.3 is 5.97 Å². The van der Waals surface area contributed by atoms with E-state index in [1.807, 2.05) is 13.8 Å². The highest BCUT2D eigenvalue weighted by Gasteiger charge is 2.33. The average Bonchev–Trinajstić information content (AvgIpc) is 2.47. The van der Waals surface area contributed by atoms with Crippen molar-refractivity contribution in [3.05, 3.63) is 0 Å². The smallest absolute Gasteiger partial charge is 0.305 e. The van der Waals surface area contributed by atoms with Gasteiger partial charge in [-0.3, -0.25) is 14.4 Å². The van der Waals surface area contributed by atoms with E-state index in [1.54, 1.807) is 9.80 Å². The SMILES string of the molecule is CCCC(=O)N1CCCCC1C(=O)N(CC)CCC(=O)O. The maximum atomic E-state index is 12.6. The molecule has 0 aliphatic carbocycles. The summed E-state index contributed by atoms with van der Waals surface area (Å²) in [4.78, 5) is 38.7. The third kappa shape index (κ3) is 5.02. The van der Waals surface area contributed by atoms with E-state index in [9.17, 15) is 14.4 Å². The van der Waals surface area contributed by atoms with Gasteiger partial charge in [0, 0.05) is 26.1 Å². The van der Waals surface area contributed by atoms with E-state index < -0.39 is 12.0 Å². The second-order valence-electron chi connectivity index (χ2n) is 5.41. The number of carbonyl (C=O) groups is 3. The van der Waals surface area contributed by atoms with Crippen molar-refractivity contribution in [2.24, 2.45) is 0 Å². The highest BCUT2D eigenvalue weighted by atomic mass is 16.4. The molecule has 1 saturated heterocycles. The van der Waals surface area contributed by atoms with Crippen LogP contribution in [0.5, 0.6) is 0 Å². The van der Waals surface area contributed by atoms with Crippen LogP contribution >= 0.6 is 0 Å². The number of piperidine rings is 1. The van der Waals surface area contributed by atoms with E-state index in [4.69, 9.17) is 5.11 Å². The minimum atomic E-state index is -0.913. The van der Waals surface area contributed by atoms with Crippen LogP contribution in [0.2, 0.25) is 0 Å². The molecule has 1 aliphatic rings. The molecule has 1 rings (SSSR count). The molecule has 0 spiro atoms. The van der Waals surface area contributed by atoms with Crippen molar-refractivity contribution in [3.8, 4) is 0 Å². The number of carboxylic acid groups (broad SMARTS) is 1.